The molecule has 0 aliphatic heterocycles. The van der Waals surface area contributed by atoms with Crippen LogP contribution in [-0.4, -0.2) is 33.5 Å². The second-order valence-electron chi connectivity index (χ2n) is 6.42. The summed E-state index contributed by atoms with van der Waals surface area (Å²) in [4.78, 5) is 23.2. The fourth-order valence-corrected chi connectivity index (χ4v) is 3.89. The first-order valence-corrected chi connectivity index (χ1v) is 10.6. The van der Waals surface area contributed by atoms with Crippen LogP contribution in [0, 0.1) is 10.1 Å². The molecule has 0 fully saturated rings. The molecular weight excluding hydrogens is 438 g/mol. The molecule has 11 heteroatoms. The highest BCUT2D eigenvalue weighted by atomic mass is 32.2. The van der Waals surface area contributed by atoms with Crippen molar-refractivity contribution in [2.75, 3.05) is 24.3 Å². The fourth-order valence-electron chi connectivity index (χ4n) is 2.82. The van der Waals surface area contributed by atoms with Gasteiger partial charge in [-0.1, -0.05) is 12.1 Å². The zero-order valence-electron chi connectivity index (χ0n) is 17.1. The van der Waals surface area contributed by atoms with Gasteiger partial charge in [0.05, 0.1) is 47.0 Å². The lowest BCUT2D eigenvalue weighted by molar-refractivity contribution is -0.384. The van der Waals surface area contributed by atoms with E-state index >= 15 is 0 Å². The van der Waals surface area contributed by atoms with Crippen LogP contribution >= 0.6 is 0 Å². The number of sulfonamides is 1. The molecule has 32 heavy (non-hydrogen) atoms. The van der Waals surface area contributed by atoms with E-state index in [0.717, 1.165) is 0 Å². The van der Waals surface area contributed by atoms with Gasteiger partial charge >= 0.3 is 0 Å². The van der Waals surface area contributed by atoms with Crippen LogP contribution in [0.4, 0.5) is 17.1 Å². The lowest BCUT2D eigenvalue weighted by Crippen LogP contribution is -2.19. The zero-order valence-corrected chi connectivity index (χ0v) is 17.9. The number of benzene rings is 3. The number of non-ortho nitro benzene ring substituents is 1. The summed E-state index contributed by atoms with van der Waals surface area (Å²) in [7, 11) is -1.20. The molecule has 0 unspecified atom stereocenters. The topological polar surface area (TPSA) is 137 Å². The summed E-state index contributed by atoms with van der Waals surface area (Å²) in [5.41, 5.74) is 0.0927. The minimum atomic E-state index is -3.98. The number of rotatable bonds is 8. The number of nitro benzene ring substituents is 1. The average molecular weight is 457 g/mol. The summed E-state index contributed by atoms with van der Waals surface area (Å²) < 4.78 is 38.1. The molecule has 3 aromatic rings. The highest BCUT2D eigenvalue weighted by Crippen LogP contribution is 2.30. The van der Waals surface area contributed by atoms with Gasteiger partial charge in [0.2, 0.25) is 0 Å². The second-order valence-corrected chi connectivity index (χ2v) is 8.10. The molecule has 0 radical (unpaired) electrons. The Labute approximate surface area is 184 Å². The van der Waals surface area contributed by atoms with E-state index in [1.54, 1.807) is 12.1 Å². The van der Waals surface area contributed by atoms with Crippen molar-refractivity contribution in [3.8, 4) is 11.5 Å². The molecule has 0 saturated carbocycles. The van der Waals surface area contributed by atoms with E-state index in [1.165, 1.54) is 68.8 Å². The number of nitrogens with one attached hydrogen (secondary N) is 2. The lowest BCUT2D eigenvalue weighted by Gasteiger charge is -2.14. The smallest absolute Gasteiger partial charge is 0.273 e. The van der Waals surface area contributed by atoms with Crippen LogP contribution in [0.3, 0.4) is 0 Å². The van der Waals surface area contributed by atoms with E-state index in [2.05, 4.69) is 10.0 Å². The van der Waals surface area contributed by atoms with Crippen LogP contribution in [0.5, 0.6) is 11.5 Å². The van der Waals surface area contributed by atoms with Gasteiger partial charge < -0.3 is 14.8 Å². The van der Waals surface area contributed by atoms with Crippen molar-refractivity contribution in [3.63, 3.8) is 0 Å². The van der Waals surface area contributed by atoms with Crippen LogP contribution in [0.25, 0.3) is 0 Å². The van der Waals surface area contributed by atoms with Crippen molar-refractivity contribution < 1.29 is 27.6 Å². The minimum Gasteiger partial charge on any atom is -0.497 e. The maximum Gasteiger partial charge on any atom is 0.273 e. The number of nitrogens with zero attached hydrogens (tertiary/aromatic N) is 1. The number of amides is 1. The highest BCUT2D eigenvalue weighted by molar-refractivity contribution is 7.92. The molecule has 2 N–H and O–H groups in total. The largest absolute Gasteiger partial charge is 0.497 e. The molecule has 1 amide bonds. The van der Waals surface area contributed by atoms with Gasteiger partial charge in [0.25, 0.3) is 21.6 Å². The molecule has 0 heterocycles. The predicted molar refractivity (Wildman–Crippen MR) is 118 cm³/mol. The minimum absolute atomic E-state index is 0.00875. The van der Waals surface area contributed by atoms with Crippen molar-refractivity contribution in [3.05, 3.63) is 82.4 Å². The van der Waals surface area contributed by atoms with Gasteiger partial charge in [0.15, 0.2) is 0 Å². The molecule has 0 spiro atoms. The third-order valence-electron chi connectivity index (χ3n) is 4.43. The van der Waals surface area contributed by atoms with Gasteiger partial charge in [-0.25, -0.2) is 8.42 Å². The Morgan fingerprint density at radius 2 is 1.62 bits per heavy atom. The quantitative estimate of drug-likeness (QED) is 0.389. The number of hydrogen-bond donors (Lipinski definition) is 2. The molecule has 0 saturated heterocycles. The SMILES string of the molecule is COc1ccc(S(=O)(=O)Nc2ccccc2C(=O)Nc2ccc([N+](=O)[O-])cc2OC)cc1. The Bertz CT molecular complexity index is 1260. The molecule has 0 bridgehead atoms. The average Bonchev–Trinajstić information content (AvgIpc) is 2.79. The number of para-hydroxylation sites is 1. The molecule has 0 atom stereocenters. The van der Waals surface area contributed by atoms with Gasteiger partial charge in [0.1, 0.15) is 11.5 Å². The third-order valence-corrected chi connectivity index (χ3v) is 5.81. The van der Waals surface area contributed by atoms with Gasteiger partial charge in [-0.3, -0.25) is 19.6 Å². The summed E-state index contributed by atoms with van der Waals surface area (Å²) >= 11 is 0. The maximum absolute atomic E-state index is 12.9. The van der Waals surface area contributed by atoms with Crippen LogP contribution in [0.2, 0.25) is 0 Å². The molecule has 0 aromatic heterocycles. The van der Waals surface area contributed by atoms with Gasteiger partial charge in [0, 0.05) is 6.07 Å². The summed E-state index contributed by atoms with van der Waals surface area (Å²) in [5, 5.41) is 13.5. The van der Waals surface area contributed by atoms with Crippen molar-refractivity contribution in [1.82, 2.24) is 0 Å². The van der Waals surface area contributed by atoms with E-state index in [1.807, 2.05) is 0 Å². The van der Waals surface area contributed by atoms with Gasteiger partial charge in [-0.05, 0) is 42.5 Å². The summed E-state index contributed by atoms with van der Waals surface area (Å²) in [6.45, 7) is 0. The number of carbonyl (C=O) groups excluding carboxylic acids is 1. The number of anilines is 2. The molecule has 10 nitrogen and oxygen atoms in total. The van der Waals surface area contributed by atoms with Crippen LogP contribution in [0.15, 0.2) is 71.6 Å². The van der Waals surface area contributed by atoms with Gasteiger partial charge in [-0.2, -0.15) is 0 Å². The van der Waals surface area contributed by atoms with Crippen LogP contribution in [-0.2, 0) is 10.0 Å². The van der Waals surface area contributed by atoms with Crippen molar-refractivity contribution in [1.29, 1.82) is 0 Å². The third kappa shape index (κ3) is 4.95. The van der Waals surface area contributed by atoms with E-state index in [0.29, 0.717) is 5.75 Å². The first kappa shape index (κ1) is 22.6. The Morgan fingerprint density at radius 3 is 2.25 bits per heavy atom. The monoisotopic (exact) mass is 457 g/mol. The molecule has 166 valence electrons. The molecular formula is C21H19N3O7S. The normalized spacial score (nSPS) is 10.8. The summed E-state index contributed by atoms with van der Waals surface area (Å²) in [5.74, 6) is -0.0465. The van der Waals surface area contributed by atoms with E-state index in [4.69, 9.17) is 9.47 Å². The summed E-state index contributed by atoms with van der Waals surface area (Å²) in [6, 6.07) is 15.5. The van der Waals surface area contributed by atoms with Crippen LogP contribution < -0.4 is 19.5 Å². The standard InChI is InChI=1S/C21H19N3O7S/c1-30-15-8-10-16(11-9-15)32(28,29)23-18-6-4-3-5-17(18)21(25)22-19-12-7-14(24(26)27)13-20(19)31-2/h3-13,23H,1-2H3,(H,22,25). The number of hydrogen-bond acceptors (Lipinski definition) is 7. The Hall–Kier alpha value is -4.12. The van der Waals surface area contributed by atoms with E-state index in [9.17, 15) is 23.3 Å². The van der Waals surface area contributed by atoms with Crippen molar-refractivity contribution in [2.45, 2.75) is 4.90 Å². The highest BCUT2D eigenvalue weighted by Gasteiger charge is 2.20. The Morgan fingerprint density at radius 1 is 0.938 bits per heavy atom. The number of ether oxygens (including phenoxy) is 2. The van der Waals surface area contributed by atoms with Crippen molar-refractivity contribution >= 4 is 33.0 Å². The molecule has 3 aromatic carbocycles. The molecule has 3 rings (SSSR count). The lowest BCUT2D eigenvalue weighted by atomic mass is 10.1. The number of methoxy groups -OCH3 is 2. The predicted octanol–water partition coefficient (Wildman–Crippen LogP) is 3.67. The molecule has 0 aliphatic carbocycles. The first-order valence-electron chi connectivity index (χ1n) is 9.15. The zero-order chi connectivity index (χ0) is 23.3. The summed E-state index contributed by atoms with van der Waals surface area (Å²) in [6.07, 6.45) is 0. The van der Waals surface area contributed by atoms with E-state index in [-0.39, 0.29) is 33.3 Å². The number of nitro groups is 1. The van der Waals surface area contributed by atoms with Crippen molar-refractivity contribution in [2.24, 2.45) is 0 Å². The number of carbonyl (C=O) groups is 1. The second kappa shape index (κ2) is 9.35. The first-order chi connectivity index (χ1) is 15.2. The fraction of sp³-hybridized carbons (Fsp3) is 0.0952. The van der Waals surface area contributed by atoms with Gasteiger partial charge in [-0.15, -0.1) is 0 Å². The van der Waals surface area contributed by atoms with Crippen LogP contribution in [0.1, 0.15) is 10.4 Å². The Kier molecular flexibility index (Phi) is 6.59. The van der Waals surface area contributed by atoms with E-state index < -0.39 is 20.9 Å². The Balaban J connectivity index is 1.87. The molecule has 0 aliphatic rings. The maximum atomic E-state index is 12.9.